The van der Waals surface area contributed by atoms with E-state index in [-0.39, 0.29) is 0 Å². The fourth-order valence-corrected chi connectivity index (χ4v) is 2.18. The van der Waals surface area contributed by atoms with Gasteiger partial charge in [-0.2, -0.15) is 0 Å². The van der Waals surface area contributed by atoms with E-state index >= 15 is 0 Å². The van der Waals surface area contributed by atoms with Gasteiger partial charge in [0.25, 0.3) is 0 Å². The number of rotatable bonds is 2. The molecule has 0 saturated carbocycles. The van der Waals surface area contributed by atoms with Gasteiger partial charge in [-0.15, -0.1) is 0 Å². The molecule has 0 amide bonds. The molecule has 0 bridgehead atoms. The molecule has 0 radical (unpaired) electrons. The Morgan fingerprint density at radius 2 is 2.33 bits per heavy atom. The minimum Gasteiger partial charge on any atom is -0.326 e. The van der Waals surface area contributed by atoms with Crippen molar-refractivity contribution in [2.45, 2.75) is 25.9 Å². The second-order valence-electron chi connectivity index (χ2n) is 4.56. The highest BCUT2D eigenvalue weighted by Gasteiger charge is 2.29. The summed E-state index contributed by atoms with van der Waals surface area (Å²) in [5.41, 5.74) is 7.30. The minimum absolute atomic E-state index is 0.323. The molecule has 3 atom stereocenters. The lowest BCUT2D eigenvalue weighted by Crippen LogP contribution is -2.29. The average molecular weight is 205 g/mol. The molecule has 2 rings (SSSR count). The standard InChI is InChI=1S/C12H19N3/c1-9-7-15(8-12(9)13)10(2)11-4-3-5-14-6-11/h3-6,9-10,12H,7-8,13H2,1-2H3. The van der Waals surface area contributed by atoms with E-state index in [0.717, 1.165) is 13.1 Å². The molecule has 1 aromatic heterocycles. The molecule has 15 heavy (non-hydrogen) atoms. The van der Waals surface area contributed by atoms with Crippen molar-refractivity contribution in [2.24, 2.45) is 11.7 Å². The van der Waals surface area contributed by atoms with Crippen LogP contribution >= 0.6 is 0 Å². The van der Waals surface area contributed by atoms with Crippen LogP contribution < -0.4 is 5.73 Å². The lowest BCUT2D eigenvalue weighted by molar-refractivity contribution is 0.253. The predicted octanol–water partition coefficient (Wildman–Crippen LogP) is 1.42. The third-order valence-corrected chi connectivity index (χ3v) is 3.41. The number of nitrogens with zero attached hydrogens (tertiary/aromatic N) is 2. The van der Waals surface area contributed by atoms with Crippen molar-refractivity contribution in [1.29, 1.82) is 0 Å². The first kappa shape index (κ1) is 10.6. The molecule has 3 heteroatoms. The van der Waals surface area contributed by atoms with Gasteiger partial charge in [0.05, 0.1) is 0 Å². The van der Waals surface area contributed by atoms with Crippen LogP contribution in [0.15, 0.2) is 24.5 Å². The summed E-state index contributed by atoms with van der Waals surface area (Å²) in [6.07, 6.45) is 3.76. The van der Waals surface area contributed by atoms with Gasteiger partial charge >= 0.3 is 0 Å². The zero-order valence-electron chi connectivity index (χ0n) is 9.43. The summed E-state index contributed by atoms with van der Waals surface area (Å²) in [5, 5.41) is 0. The van der Waals surface area contributed by atoms with Crippen LogP contribution in [0, 0.1) is 5.92 Å². The smallest absolute Gasteiger partial charge is 0.0335 e. The molecule has 2 heterocycles. The lowest BCUT2D eigenvalue weighted by atomic mass is 10.1. The van der Waals surface area contributed by atoms with Gasteiger partial charge < -0.3 is 5.73 Å². The molecule has 0 aromatic carbocycles. The molecule has 0 aliphatic carbocycles. The predicted molar refractivity (Wildman–Crippen MR) is 61.4 cm³/mol. The van der Waals surface area contributed by atoms with Crippen molar-refractivity contribution in [3.63, 3.8) is 0 Å². The van der Waals surface area contributed by atoms with Crippen molar-refractivity contribution in [2.75, 3.05) is 13.1 Å². The monoisotopic (exact) mass is 205 g/mol. The summed E-state index contributed by atoms with van der Waals surface area (Å²) < 4.78 is 0. The number of hydrogen-bond donors (Lipinski definition) is 1. The van der Waals surface area contributed by atoms with E-state index < -0.39 is 0 Å². The van der Waals surface area contributed by atoms with E-state index in [9.17, 15) is 0 Å². The zero-order valence-corrected chi connectivity index (χ0v) is 9.43. The first-order chi connectivity index (χ1) is 7.18. The van der Waals surface area contributed by atoms with Gasteiger partial charge in [0, 0.05) is 37.6 Å². The van der Waals surface area contributed by atoms with Gasteiger partial charge in [0.1, 0.15) is 0 Å². The van der Waals surface area contributed by atoms with Crippen LogP contribution in [0.1, 0.15) is 25.5 Å². The van der Waals surface area contributed by atoms with E-state index in [0.29, 0.717) is 18.0 Å². The molecule has 1 aromatic rings. The summed E-state index contributed by atoms with van der Waals surface area (Å²) >= 11 is 0. The normalized spacial score (nSPS) is 29.3. The Bertz CT molecular complexity index is 302. The van der Waals surface area contributed by atoms with Crippen LogP contribution in [0.5, 0.6) is 0 Å². The van der Waals surface area contributed by atoms with Crippen LogP contribution in [0.3, 0.4) is 0 Å². The molecule has 0 spiro atoms. The van der Waals surface area contributed by atoms with Crippen molar-refractivity contribution >= 4 is 0 Å². The van der Waals surface area contributed by atoms with Crippen molar-refractivity contribution < 1.29 is 0 Å². The Morgan fingerprint density at radius 1 is 1.53 bits per heavy atom. The van der Waals surface area contributed by atoms with Crippen molar-refractivity contribution in [1.82, 2.24) is 9.88 Å². The maximum absolute atomic E-state index is 6.03. The van der Waals surface area contributed by atoms with E-state index in [1.165, 1.54) is 5.56 Å². The van der Waals surface area contributed by atoms with Crippen LogP contribution in [-0.4, -0.2) is 29.0 Å². The third-order valence-electron chi connectivity index (χ3n) is 3.41. The van der Waals surface area contributed by atoms with Gasteiger partial charge in [0.15, 0.2) is 0 Å². The third kappa shape index (κ3) is 2.19. The molecule has 2 N–H and O–H groups in total. The molecule has 1 fully saturated rings. The molecule has 1 aliphatic rings. The Kier molecular flexibility index (Phi) is 3.03. The van der Waals surface area contributed by atoms with Gasteiger partial charge in [0.2, 0.25) is 0 Å². The Labute approximate surface area is 91.3 Å². The summed E-state index contributed by atoms with van der Waals surface area (Å²) in [6.45, 7) is 6.54. The maximum atomic E-state index is 6.03. The highest BCUT2D eigenvalue weighted by atomic mass is 15.2. The zero-order chi connectivity index (χ0) is 10.8. The van der Waals surface area contributed by atoms with Crippen LogP contribution in [0.2, 0.25) is 0 Å². The van der Waals surface area contributed by atoms with E-state index in [1.54, 1.807) is 0 Å². The number of aromatic nitrogens is 1. The molecule has 1 saturated heterocycles. The summed E-state index contributed by atoms with van der Waals surface area (Å²) in [4.78, 5) is 6.59. The molecule has 3 nitrogen and oxygen atoms in total. The first-order valence-electron chi connectivity index (χ1n) is 5.58. The maximum Gasteiger partial charge on any atom is 0.0335 e. The highest BCUT2D eigenvalue weighted by Crippen LogP contribution is 2.25. The van der Waals surface area contributed by atoms with E-state index in [2.05, 4.69) is 29.8 Å². The summed E-state index contributed by atoms with van der Waals surface area (Å²) in [6, 6.07) is 4.87. The first-order valence-corrected chi connectivity index (χ1v) is 5.58. The summed E-state index contributed by atoms with van der Waals surface area (Å²) in [7, 11) is 0. The minimum atomic E-state index is 0.323. The molecular weight excluding hydrogens is 186 g/mol. The molecule has 3 unspecified atom stereocenters. The van der Waals surface area contributed by atoms with Gasteiger partial charge in [-0.3, -0.25) is 9.88 Å². The number of likely N-dealkylation sites (tertiary alicyclic amines) is 1. The molecular formula is C12H19N3. The van der Waals surface area contributed by atoms with Gasteiger partial charge in [-0.25, -0.2) is 0 Å². The van der Waals surface area contributed by atoms with Crippen molar-refractivity contribution in [3.05, 3.63) is 30.1 Å². The van der Waals surface area contributed by atoms with Crippen molar-refractivity contribution in [3.8, 4) is 0 Å². The largest absolute Gasteiger partial charge is 0.326 e. The number of pyridine rings is 1. The molecule has 1 aliphatic heterocycles. The second-order valence-corrected chi connectivity index (χ2v) is 4.56. The van der Waals surface area contributed by atoms with Gasteiger partial charge in [-0.1, -0.05) is 13.0 Å². The van der Waals surface area contributed by atoms with E-state index in [4.69, 9.17) is 5.73 Å². The SMILES string of the molecule is CC1CN(C(C)c2cccnc2)CC1N. The average Bonchev–Trinajstić information content (AvgIpc) is 2.59. The number of nitrogens with two attached hydrogens (primary N) is 1. The quantitative estimate of drug-likeness (QED) is 0.794. The fraction of sp³-hybridized carbons (Fsp3) is 0.583. The van der Waals surface area contributed by atoms with Crippen LogP contribution in [0.25, 0.3) is 0 Å². The summed E-state index contributed by atoms with van der Waals surface area (Å²) in [5.74, 6) is 0.601. The second kappa shape index (κ2) is 4.29. The number of hydrogen-bond acceptors (Lipinski definition) is 3. The lowest BCUT2D eigenvalue weighted by Gasteiger charge is -2.24. The van der Waals surface area contributed by atoms with Crippen LogP contribution in [-0.2, 0) is 0 Å². The Hall–Kier alpha value is -0.930. The molecule has 82 valence electrons. The fourth-order valence-electron chi connectivity index (χ4n) is 2.18. The van der Waals surface area contributed by atoms with Gasteiger partial charge in [-0.05, 0) is 24.5 Å². The van der Waals surface area contributed by atoms with E-state index in [1.807, 2.05) is 18.5 Å². The topological polar surface area (TPSA) is 42.2 Å². The highest BCUT2D eigenvalue weighted by molar-refractivity contribution is 5.13. The Balaban J connectivity index is 2.07. The Morgan fingerprint density at radius 3 is 2.87 bits per heavy atom. The van der Waals surface area contributed by atoms with Crippen LogP contribution in [0.4, 0.5) is 0 Å².